The Morgan fingerprint density at radius 2 is 1.90 bits per heavy atom. The molecule has 2 aromatic carbocycles. The van der Waals surface area contributed by atoms with Crippen LogP contribution < -0.4 is 14.4 Å². The van der Waals surface area contributed by atoms with Gasteiger partial charge in [0, 0.05) is 68.4 Å². The van der Waals surface area contributed by atoms with E-state index in [1.54, 1.807) is 6.07 Å². The van der Waals surface area contributed by atoms with E-state index in [0.29, 0.717) is 48.8 Å². The number of piperidine rings is 1. The number of nitrogens with one attached hydrogen (secondary N) is 1. The van der Waals surface area contributed by atoms with Crippen LogP contribution in [0.25, 0.3) is 0 Å². The summed E-state index contributed by atoms with van der Waals surface area (Å²) >= 11 is 6.49. The number of anilines is 1. The van der Waals surface area contributed by atoms with E-state index in [2.05, 4.69) is 57.6 Å². The first-order valence-electron chi connectivity index (χ1n) is 19.5. The van der Waals surface area contributed by atoms with Gasteiger partial charge in [-0.05, 0) is 111 Å². The number of fused-ring (bicyclic) bond motifs is 3. The van der Waals surface area contributed by atoms with Gasteiger partial charge in [0.2, 0.25) is 0 Å². The van der Waals surface area contributed by atoms with Crippen molar-refractivity contribution in [2.45, 2.75) is 89.1 Å². The van der Waals surface area contributed by atoms with Gasteiger partial charge in [0.25, 0.3) is 5.91 Å². The van der Waals surface area contributed by atoms with Gasteiger partial charge in [-0.2, -0.15) is 0 Å². The first-order valence-corrected chi connectivity index (χ1v) is 21.0. The second-order valence-electron chi connectivity index (χ2n) is 16.0. The predicted octanol–water partition coefficient (Wildman–Crippen LogP) is 7.41. The molecule has 51 heavy (non-hydrogen) atoms. The van der Waals surface area contributed by atoms with Crippen molar-refractivity contribution in [3.8, 4) is 5.75 Å². The highest BCUT2D eigenvalue weighted by molar-refractivity contribution is 7.84. The van der Waals surface area contributed by atoms with Gasteiger partial charge in [0.1, 0.15) is 22.9 Å². The van der Waals surface area contributed by atoms with Gasteiger partial charge in [-0.25, -0.2) is 8.60 Å². The molecule has 1 aliphatic carbocycles. The quantitative estimate of drug-likeness (QED) is 0.323. The highest BCUT2D eigenvalue weighted by Gasteiger charge is 2.41. The fourth-order valence-corrected chi connectivity index (χ4v) is 10.4. The predicted molar refractivity (Wildman–Crippen MR) is 206 cm³/mol. The molecule has 2 bridgehead atoms. The monoisotopic (exact) mass is 738 g/mol. The zero-order valence-corrected chi connectivity index (χ0v) is 32.1. The van der Waals surface area contributed by atoms with Crippen molar-refractivity contribution in [3.63, 3.8) is 0 Å². The molecule has 7 rings (SSSR count). The fourth-order valence-electron chi connectivity index (χ4n) is 9.23. The number of allylic oxidation sites excluding steroid dienone is 1. The van der Waals surface area contributed by atoms with E-state index in [1.165, 1.54) is 24.0 Å². The molecule has 10 heteroatoms. The fraction of sp³-hybridized carbons (Fsp3) is 0.634. The van der Waals surface area contributed by atoms with Crippen LogP contribution in [0.3, 0.4) is 0 Å². The van der Waals surface area contributed by atoms with Crippen molar-refractivity contribution < 1.29 is 18.1 Å². The lowest BCUT2D eigenvalue weighted by Gasteiger charge is -2.48. The van der Waals surface area contributed by atoms with Crippen molar-refractivity contribution >= 4 is 34.2 Å². The van der Waals surface area contributed by atoms with Crippen LogP contribution in [0.5, 0.6) is 5.75 Å². The maximum absolute atomic E-state index is 14.5. The van der Waals surface area contributed by atoms with Crippen LogP contribution in [0.2, 0.25) is 5.02 Å². The van der Waals surface area contributed by atoms with Crippen LogP contribution >= 0.6 is 11.6 Å². The molecule has 5 aliphatic rings. The van der Waals surface area contributed by atoms with E-state index in [4.69, 9.17) is 16.3 Å². The number of ether oxygens (including phenoxy) is 1. The Balaban J connectivity index is 1.20. The number of aryl methyl sites for hydroxylation is 1. The highest BCUT2D eigenvalue weighted by Crippen LogP contribution is 2.45. The number of amides is 1. The van der Waals surface area contributed by atoms with Gasteiger partial charge in [-0.3, -0.25) is 19.3 Å². The number of carbonyl (C=O) groups excluding carboxylic acids is 1. The van der Waals surface area contributed by atoms with E-state index in [9.17, 15) is 13.4 Å². The molecule has 9 atom stereocenters. The third kappa shape index (κ3) is 8.37. The Morgan fingerprint density at radius 3 is 2.71 bits per heavy atom. The molecule has 9 unspecified atom stereocenters. The molecule has 278 valence electrons. The summed E-state index contributed by atoms with van der Waals surface area (Å²) in [5.74, 6) is 2.14. The molecule has 0 radical (unpaired) electrons. The average Bonchev–Trinajstić information content (AvgIpc) is 3.28. The zero-order valence-electron chi connectivity index (χ0n) is 30.6. The Kier molecular flexibility index (Phi) is 11.8. The number of nitrogens with zero attached hydrogens (tertiary/aromatic N) is 3. The van der Waals surface area contributed by atoms with Crippen molar-refractivity contribution in [2.24, 2.45) is 23.7 Å². The molecule has 3 fully saturated rings. The molecule has 0 spiro atoms. The molecule has 1 saturated carbocycles. The summed E-state index contributed by atoms with van der Waals surface area (Å²) in [5.41, 5.74) is 3.98. The molecule has 7 nitrogen and oxygen atoms in total. The third-order valence-electron chi connectivity index (χ3n) is 12.6. The highest BCUT2D eigenvalue weighted by atomic mass is 35.5. The number of benzene rings is 2. The van der Waals surface area contributed by atoms with Crippen molar-refractivity contribution in [1.82, 2.24) is 14.5 Å². The van der Waals surface area contributed by atoms with Crippen molar-refractivity contribution in [2.75, 3.05) is 57.3 Å². The summed E-state index contributed by atoms with van der Waals surface area (Å²) in [6.07, 6.45) is 10.6. The van der Waals surface area contributed by atoms with Crippen LogP contribution in [-0.2, 0) is 17.4 Å². The zero-order chi connectivity index (χ0) is 35.6. The van der Waals surface area contributed by atoms with E-state index in [-0.39, 0.29) is 23.0 Å². The molecule has 4 aliphatic heterocycles. The number of hydrogen-bond acceptors (Lipinski definition) is 6. The van der Waals surface area contributed by atoms with Gasteiger partial charge in [-0.15, -0.1) is 0 Å². The molecule has 1 amide bonds. The van der Waals surface area contributed by atoms with E-state index in [0.717, 1.165) is 81.5 Å². The SMILES string of the molecule is CCCc1cc(Cl)ccc1C1COc2ccc3cc2N(C1)CC1CCC1C(CN1CCN2CCC(F)CC2C1)/C=C/CC(C)C(C)S(=O)NC3=O. The Hall–Kier alpha value is -2.46. The lowest BCUT2D eigenvalue weighted by molar-refractivity contribution is 0.00791. The third-order valence-corrected chi connectivity index (χ3v) is 14.4. The summed E-state index contributed by atoms with van der Waals surface area (Å²) in [6.45, 7) is 13.3. The van der Waals surface area contributed by atoms with Crippen LogP contribution in [0.1, 0.15) is 86.7 Å². The van der Waals surface area contributed by atoms with Gasteiger partial charge < -0.3 is 9.64 Å². The summed E-state index contributed by atoms with van der Waals surface area (Å²) in [5, 5.41) is 0.556. The Labute approximate surface area is 311 Å². The lowest BCUT2D eigenvalue weighted by Crippen LogP contribution is -2.57. The molecule has 0 aromatic heterocycles. The molecular formula is C41H56ClFN4O3S. The maximum Gasteiger partial charge on any atom is 0.263 e. The first-order chi connectivity index (χ1) is 24.7. The normalized spacial score (nSPS) is 34.3. The number of hydrogen-bond donors (Lipinski definition) is 1. The molecule has 1 N–H and O–H groups in total. The minimum Gasteiger partial charge on any atom is -0.491 e. The molecule has 4 heterocycles. The summed E-state index contributed by atoms with van der Waals surface area (Å²) in [4.78, 5) is 21.1. The van der Waals surface area contributed by atoms with E-state index < -0.39 is 17.2 Å². The van der Waals surface area contributed by atoms with Crippen LogP contribution in [0.15, 0.2) is 48.6 Å². The van der Waals surface area contributed by atoms with Crippen LogP contribution in [0, 0.1) is 23.7 Å². The first kappa shape index (κ1) is 36.9. The number of alkyl halides is 1. The van der Waals surface area contributed by atoms with Gasteiger partial charge in [0.15, 0.2) is 0 Å². The van der Waals surface area contributed by atoms with E-state index in [1.807, 2.05) is 25.1 Å². The second-order valence-corrected chi connectivity index (χ2v) is 18.0. The van der Waals surface area contributed by atoms with Crippen LogP contribution in [0.4, 0.5) is 10.1 Å². The van der Waals surface area contributed by atoms with E-state index >= 15 is 0 Å². The largest absolute Gasteiger partial charge is 0.491 e. The minimum absolute atomic E-state index is 0.134. The summed E-state index contributed by atoms with van der Waals surface area (Å²) in [7, 11) is -1.53. The topological polar surface area (TPSA) is 65.1 Å². The van der Waals surface area contributed by atoms with Gasteiger partial charge in [-0.1, -0.05) is 50.1 Å². The smallest absolute Gasteiger partial charge is 0.263 e. The summed E-state index contributed by atoms with van der Waals surface area (Å²) < 4.78 is 37.3. The second kappa shape index (κ2) is 16.3. The Morgan fingerprint density at radius 1 is 1.04 bits per heavy atom. The molecule has 2 aromatic rings. The lowest BCUT2D eigenvalue weighted by atomic mass is 9.66. The maximum atomic E-state index is 14.5. The minimum atomic E-state index is -1.53. The Bertz CT molecular complexity index is 1610. The average molecular weight is 739 g/mol. The standard InChI is InChI=1S/C41H56ClFN4O3S/c1-4-6-29-19-34(42)11-13-37(29)33-24-47-23-32-9-12-38(32)31(22-45-17-18-46-16-15-35(43)21-36(46)25-45)8-5-7-27(2)28(3)51(49)44-41(48)30-10-14-40(50-26-33)39(47)20-30/h5,8,10-11,13-14,19-20,27-28,31-33,35-36,38H,4,6-7,9,12,15-18,21-26H2,1-3H3,(H,44,48)/b8-5+. The van der Waals surface area contributed by atoms with Gasteiger partial charge in [0.05, 0.1) is 17.5 Å². The number of halogens is 2. The van der Waals surface area contributed by atoms with Crippen LogP contribution in [-0.4, -0.2) is 89.8 Å². The molecular weight excluding hydrogens is 683 g/mol. The number of piperazine rings is 1. The van der Waals surface area contributed by atoms with Crippen molar-refractivity contribution in [1.29, 1.82) is 0 Å². The number of carbonyl (C=O) groups is 1. The van der Waals surface area contributed by atoms with Gasteiger partial charge >= 0.3 is 0 Å². The van der Waals surface area contributed by atoms with Crippen molar-refractivity contribution in [3.05, 3.63) is 70.3 Å². The molecule has 2 saturated heterocycles. The summed E-state index contributed by atoms with van der Waals surface area (Å²) in [6, 6.07) is 12.3. The number of rotatable bonds is 5.